The molecule has 2 fully saturated rings. The summed E-state index contributed by atoms with van der Waals surface area (Å²) < 4.78 is 5.97. The van der Waals surface area contributed by atoms with Gasteiger partial charge >= 0.3 is 0 Å². The number of nitrogens with one attached hydrogen (secondary N) is 1. The fourth-order valence-corrected chi connectivity index (χ4v) is 3.18. The molecule has 0 amide bonds. The normalized spacial score (nSPS) is 29.1. The van der Waals surface area contributed by atoms with E-state index in [-0.39, 0.29) is 0 Å². The maximum Gasteiger partial charge on any atom is 0.0827 e. The van der Waals surface area contributed by atoms with E-state index in [0.717, 1.165) is 19.7 Å². The van der Waals surface area contributed by atoms with E-state index in [4.69, 9.17) is 4.74 Å². The van der Waals surface area contributed by atoms with Crippen LogP contribution in [0, 0.1) is 0 Å². The van der Waals surface area contributed by atoms with E-state index in [1.54, 1.807) is 0 Å². The van der Waals surface area contributed by atoms with Crippen molar-refractivity contribution < 1.29 is 4.74 Å². The van der Waals surface area contributed by atoms with Gasteiger partial charge in [-0.1, -0.05) is 30.3 Å². The SMILES string of the molecule is CC(NCC1CN2CCCC2CO1)c1ccccc1. The molecule has 3 nitrogen and oxygen atoms in total. The second-order valence-electron chi connectivity index (χ2n) is 5.79. The first-order chi connectivity index (χ1) is 9.33. The van der Waals surface area contributed by atoms with Gasteiger partial charge in [0, 0.05) is 25.2 Å². The second-order valence-corrected chi connectivity index (χ2v) is 5.79. The number of benzene rings is 1. The third kappa shape index (κ3) is 3.16. The Kier molecular flexibility index (Phi) is 4.16. The summed E-state index contributed by atoms with van der Waals surface area (Å²) in [6, 6.07) is 11.7. The van der Waals surface area contributed by atoms with E-state index in [0.29, 0.717) is 18.2 Å². The molecule has 3 atom stereocenters. The molecule has 3 heteroatoms. The summed E-state index contributed by atoms with van der Waals surface area (Å²) in [5.41, 5.74) is 1.34. The number of ether oxygens (including phenoxy) is 1. The first kappa shape index (κ1) is 13.1. The Morgan fingerprint density at radius 1 is 1.37 bits per heavy atom. The molecule has 104 valence electrons. The van der Waals surface area contributed by atoms with Gasteiger partial charge in [-0.3, -0.25) is 4.90 Å². The van der Waals surface area contributed by atoms with Gasteiger partial charge in [-0.25, -0.2) is 0 Å². The highest BCUT2D eigenvalue weighted by molar-refractivity contribution is 5.18. The van der Waals surface area contributed by atoms with Gasteiger partial charge in [-0.2, -0.15) is 0 Å². The molecule has 0 saturated carbocycles. The lowest BCUT2D eigenvalue weighted by molar-refractivity contribution is -0.0477. The van der Waals surface area contributed by atoms with Crippen LogP contribution in [0.1, 0.15) is 31.4 Å². The molecule has 2 heterocycles. The summed E-state index contributed by atoms with van der Waals surface area (Å²) in [4.78, 5) is 2.60. The predicted octanol–water partition coefficient (Wildman–Crippen LogP) is 2.20. The highest BCUT2D eigenvalue weighted by atomic mass is 16.5. The molecule has 2 saturated heterocycles. The zero-order chi connectivity index (χ0) is 13.1. The first-order valence-electron chi connectivity index (χ1n) is 7.47. The number of hydrogen-bond donors (Lipinski definition) is 1. The zero-order valence-corrected chi connectivity index (χ0v) is 11.7. The minimum Gasteiger partial charge on any atom is -0.374 e. The highest BCUT2D eigenvalue weighted by Crippen LogP contribution is 2.22. The van der Waals surface area contributed by atoms with Crippen LogP contribution in [0.15, 0.2) is 30.3 Å². The molecule has 0 aliphatic carbocycles. The van der Waals surface area contributed by atoms with Crippen LogP contribution >= 0.6 is 0 Å². The van der Waals surface area contributed by atoms with Crippen LogP contribution in [0.4, 0.5) is 0 Å². The van der Waals surface area contributed by atoms with E-state index < -0.39 is 0 Å². The Morgan fingerprint density at radius 2 is 2.21 bits per heavy atom. The standard InChI is InChI=1S/C16H24N2O/c1-13(14-6-3-2-4-7-14)17-10-16-11-18-9-5-8-15(18)12-19-16/h2-4,6-7,13,15-17H,5,8-12H2,1H3. The van der Waals surface area contributed by atoms with Gasteiger partial charge in [-0.15, -0.1) is 0 Å². The summed E-state index contributed by atoms with van der Waals surface area (Å²) in [7, 11) is 0. The molecule has 2 aliphatic rings. The molecule has 0 spiro atoms. The number of morpholine rings is 1. The van der Waals surface area contributed by atoms with E-state index in [1.807, 2.05) is 0 Å². The van der Waals surface area contributed by atoms with Crippen LogP contribution < -0.4 is 5.32 Å². The average Bonchev–Trinajstić information content (AvgIpc) is 2.93. The minimum atomic E-state index is 0.348. The van der Waals surface area contributed by atoms with Crippen molar-refractivity contribution in [1.82, 2.24) is 10.2 Å². The van der Waals surface area contributed by atoms with E-state index in [1.165, 1.54) is 24.9 Å². The van der Waals surface area contributed by atoms with Crippen molar-refractivity contribution in [3.63, 3.8) is 0 Å². The lowest BCUT2D eigenvalue weighted by Crippen LogP contribution is -2.49. The van der Waals surface area contributed by atoms with Gasteiger partial charge in [-0.05, 0) is 31.9 Å². The van der Waals surface area contributed by atoms with Crippen LogP contribution in [-0.2, 0) is 4.74 Å². The second kappa shape index (κ2) is 6.04. The van der Waals surface area contributed by atoms with E-state index in [2.05, 4.69) is 47.5 Å². The lowest BCUT2D eigenvalue weighted by Gasteiger charge is -2.35. The molecule has 3 unspecified atom stereocenters. The Bertz CT molecular complexity index is 395. The molecule has 19 heavy (non-hydrogen) atoms. The quantitative estimate of drug-likeness (QED) is 0.898. The predicted molar refractivity (Wildman–Crippen MR) is 77.2 cm³/mol. The summed E-state index contributed by atoms with van der Waals surface area (Å²) in [5, 5.41) is 3.60. The third-order valence-electron chi connectivity index (χ3n) is 4.41. The van der Waals surface area contributed by atoms with Crippen molar-refractivity contribution in [2.45, 2.75) is 38.0 Å². The molecule has 1 N–H and O–H groups in total. The summed E-state index contributed by atoms with van der Waals surface area (Å²) in [5.74, 6) is 0. The highest BCUT2D eigenvalue weighted by Gasteiger charge is 2.32. The van der Waals surface area contributed by atoms with Crippen molar-refractivity contribution in [2.24, 2.45) is 0 Å². The Balaban J connectivity index is 1.47. The number of rotatable bonds is 4. The van der Waals surface area contributed by atoms with Crippen molar-refractivity contribution in [2.75, 3.05) is 26.2 Å². The first-order valence-corrected chi connectivity index (χ1v) is 7.47. The van der Waals surface area contributed by atoms with Gasteiger partial charge < -0.3 is 10.1 Å². The van der Waals surface area contributed by atoms with Gasteiger partial charge in [0.15, 0.2) is 0 Å². The molecule has 2 aliphatic heterocycles. The smallest absolute Gasteiger partial charge is 0.0827 e. The summed E-state index contributed by atoms with van der Waals surface area (Å²) >= 11 is 0. The van der Waals surface area contributed by atoms with Crippen LogP contribution in [0.2, 0.25) is 0 Å². The van der Waals surface area contributed by atoms with E-state index in [9.17, 15) is 0 Å². The Labute approximate surface area is 115 Å². The fraction of sp³-hybridized carbons (Fsp3) is 0.625. The zero-order valence-electron chi connectivity index (χ0n) is 11.7. The lowest BCUT2D eigenvalue weighted by atomic mass is 10.1. The molecular formula is C16H24N2O. The largest absolute Gasteiger partial charge is 0.374 e. The maximum atomic E-state index is 5.97. The number of fused-ring (bicyclic) bond motifs is 1. The number of hydrogen-bond acceptors (Lipinski definition) is 3. The van der Waals surface area contributed by atoms with Crippen molar-refractivity contribution in [3.8, 4) is 0 Å². The summed E-state index contributed by atoms with van der Waals surface area (Å²) in [6.07, 6.45) is 3.01. The van der Waals surface area contributed by atoms with Crippen molar-refractivity contribution >= 4 is 0 Å². The van der Waals surface area contributed by atoms with Crippen LogP contribution in [0.5, 0.6) is 0 Å². The van der Waals surface area contributed by atoms with Crippen LogP contribution in [0.25, 0.3) is 0 Å². The molecule has 0 aromatic heterocycles. The average molecular weight is 260 g/mol. The van der Waals surface area contributed by atoms with Gasteiger partial charge in [0.05, 0.1) is 12.7 Å². The summed E-state index contributed by atoms with van der Waals surface area (Å²) in [6.45, 7) is 6.44. The van der Waals surface area contributed by atoms with Crippen molar-refractivity contribution in [1.29, 1.82) is 0 Å². The molecule has 1 aromatic carbocycles. The van der Waals surface area contributed by atoms with Crippen LogP contribution in [0.3, 0.4) is 0 Å². The third-order valence-corrected chi connectivity index (χ3v) is 4.41. The fourth-order valence-electron chi connectivity index (χ4n) is 3.18. The maximum absolute atomic E-state index is 5.97. The number of nitrogens with zero attached hydrogens (tertiary/aromatic N) is 1. The van der Waals surface area contributed by atoms with Crippen molar-refractivity contribution in [3.05, 3.63) is 35.9 Å². The van der Waals surface area contributed by atoms with Crippen LogP contribution in [-0.4, -0.2) is 43.3 Å². The van der Waals surface area contributed by atoms with Gasteiger partial charge in [0.25, 0.3) is 0 Å². The molecule has 0 bridgehead atoms. The van der Waals surface area contributed by atoms with Gasteiger partial charge in [0.1, 0.15) is 0 Å². The molecule has 0 radical (unpaired) electrons. The molecule has 3 rings (SSSR count). The minimum absolute atomic E-state index is 0.348. The Hall–Kier alpha value is -0.900. The Morgan fingerprint density at radius 3 is 3.05 bits per heavy atom. The molecule has 1 aromatic rings. The van der Waals surface area contributed by atoms with E-state index >= 15 is 0 Å². The monoisotopic (exact) mass is 260 g/mol. The van der Waals surface area contributed by atoms with Gasteiger partial charge in [0.2, 0.25) is 0 Å². The topological polar surface area (TPSA) is 24.5 Å². The molecular weight excluding hydrogens is 236 g/mol.